The summed E-state index contributed by atoms with van der Waals surface area (Å²) in [6.45, 7) is 4.69. The molecule has 15 heavy (non-hydrogen) atoms. The first-order valence-corrected chi connectivity index (χ1v) is 6.12. The van der Waals surface area contributed by atoms with E-state index < -0.39 is 8.38 Å². The van der Waals surface area contributed by atoms with Crippen molar-refractivity contribution in [2.24, 2.45) is 0 Å². The SMILES string of the molecule is CCOP(OCC)C(=O)c1ccccc1. The lowest BCUT2D eigenvalue weighted by Gasteiger charge is -2.13. The summed E-state index contributed by atoms with van der Waals surface area (Å²) in [6.07, 6.45) is 0. The molecule has 0 heterocycles. The van der Waals surface area contributed by atoms with Crippen LogP contribution in [-0.4, -0.2) is 18.7 Å². The third-order valence-corrected chi connectivity index (χ3v) is 3.25. The van der Waals surface area contributed by atoms with E-state index in [2.05, 4.69) is 0 Å². The summed E-state index contributed by atoms with van der Waals surface area (Å²) in [4.78, 5) is 11.9. The average molecular weight is 226 g/mol. The summed E-state index contributed by atoms with van der Waals surface area (Å²) in [5.41, 5.74) is 0.583. The van der Waals surface area contributed by atoms with Crippen molar-refractivity contribution in [3.05, 3.63) is 35.9 Å². The van der Waals surface area contributed by atoms with E-state index in [4.69, 9.17) is 9.05 Å². The first-order chi connectivity index (χ1) is 7.29. The number of hydrogen-bond donors (Lipinski definition) is 0. The van der Waals surface area contributed by atoms with Crippen LogP contribution in [0.15, 0.2) is 30.3 Å². The summed E-state index contributed by atoms with van der Waals surface area (Å²) >= 11 is 0. The Labute approximate surface area is 91.3 Å². The Morgan fingerprint density at radius 2 is 1.67 bits per heavy atom. The van der Waals surface area contributed by atoms with Crippen molar-refractivity contribution in [2.45, 2.75) is 13.8 Å². The van der Waals surface area contributed by atoms with Gasteiger partial charge in [0.1, 0.15) is 0 Å². The topological polar surface area (TPSA) is 35.5 Å². The molecule has 4 heteroatoms. The molecule has 0 fully saturated rings. The van der Waals surface area contributed by atoms with Gasteiger partial charge in [0.2, 0.25) is 13.9 Å². The van der Waals surface area contributed by atoms with Gasteiger partial charge in [0, 0.05) is 5.56 Å². The molecule has 0 bridgehead atoms. The van der Waals surface area contributed by atoms with Crippen LogP contribution in [0.1, 0.15) is 24.2 Å². The molecule has 0 saturated heterocycles. The summed E-state index contributed by atoms with van der Waals surface area (Å²) in [5, 5.41) is 0. The van der Waals surface area contributed by atoms with Crippen LogP contribution in [0.2, 0.25) is 0 Å². The van der Waals surface area contributed by atoms with Gasteiger partial charge in [-0.25, -0.2) is 0 Å². The van der Waals surface area contributed by atoms with Crippen LogP contribution in [0.4, 0.5) is 0 Å². The minimum Gasteiger partial charge on any atom is -0.329 e. The molecule has 0 radical (unpaired) electrons. The van der Waals surface area contributed by atoms with E-state index in [0.29, 0.717) is 18.8 Å². The van der Waals surface area contributed by atoms with Gasteiger partial charge in [-0.2, -0.15) is 0 Å². The molecule has 0 aliphatic heterocycles. The molecule has 0 saturated carbocycles. The van der Waals surface area contributed by atoms with E-state index in [1.165, 1.54) is 0 Å². The zero-order valence-electron chi connectivity index (χ0n) is 8.97. The molecule has 0 N–H and O–H groups in total. The lowest BCUT2D eigenvalue weighted by atomic mass is 10.2. The second-order valence-electron chi connectivity index (χ2n) is 2.76. The smallest absolute Gasteiger partial charge is 0.248 e. The first-order valence-electron chi connectivity index (χ1n) is 4.95. The normalized spacial score (nSPS) is 10.6. The van der Waals surface area contributed by atoms with Gasteiger partial charge in [0.25, 0.3) is 0 Å². The third-order valence-electron chi connectivity index (χ3n) is 1.68. The fourth-order valence-corrected chi connectivity index (χ4v) is 2.21. The third kappa shape index (κ3) is 3.71. The maximum atomic E-state index is 11.9. The van der Waals surface area contributed by atoms with E-state index >= 15 is 0 Å². The number of carbonyl (C=O) groups is 1. The predicted molar refractivity (Wildman–Crippen MR) is 60.9 cm³/mol. The Kier molecular flexibility index (Phi) is 5.48. The van der Waals surface area contributed by atoms with Crippen molar-refractivity contribution in [3.63, 3.8) is 0 Å². The van der Waals surface area contributed by atoms with Crippen LogP contribution >= 0.6 is 8.38 Å². The predicted octanol–water partition coefficient (Wildman–Crippen LogP) is 3.21. The van der Waals surface area contributed by atoms with Gasteiger partial charge in [-0.15, -0.1) is 0 Å². The van der Waals surface area contributed by atoms with Crippen LogP contribution < -0.4 is 0 Å². The van der Waals surface area contributed by atoms with Gasteiger partial charge in [-0.1, -0.05) is 30.3 Å². The summed E-state index contributed by atoms with van der Waals surface area (Å²) in [6, 6.07) is 9.09. The number of hydrogen-bond acceptors (Lipinski definition) is 3. The van der Waals surface area contributed by atoms with Gasteiger partial charge >= 0.3 is 0 Å². The quantitative estimate of drug-likeness (QED) is 0.698. The van der Waals surface area contributed by atoms with Gasteiger partial charge < -0.3 is 9.05 Å². The summed E-state index contributed by atoms with van der Waals surface area (Å²) in [7, 11) is -1.44. The average Bonchev–Trinajstić information content (AvgIpc) is 2.29. The zero-order valence-corrected chi connectivity index (χ0v) is 9.87. The lowest BCUT2D eigenvalue weighted by molar-refractivity contribution is 0.104. The van der Waals surface area contributed by atoms with E-state index in [1.54, 1.807) is 12.1 Å². The Balaban J connectivity index is 2.71. The molecule has 0 unspecified atom stereocenters. The molecule has 3 nitrogen and oxygen atoms in total. The molecule has 0 aromatic heterocycles. The van der Waals surface area contributed by atoms with Crippen molar-refractivity contribution >= 4 is 13.9 Å². The Morgan fingerprint density at radius 3 is 2.13 bits per heavy atom. The molecular formula is C11H15O3P. The molecule has 0 aliphatic rings. The van der Waals surface area contributed by atoms with Crippen LogP contribution in [0.5, 0.6) is 0 Å². The highest BCUT2D eigenvalue weighted by molar-refractivity contribution is 7.66. The second-order valence-corrected chi connectivity index (χ2v) is 4.20. The lowest BCUT2D eigenvalue weighted by Crippen LogP contribution is -2.02. The van der Waals surface area contributed by atoms with Gasteiger partial charge in [-0.05, 0) is 13.8 Å². The van der Waals surface area contributed by atoms with Crippen molar-refractivity contribution in [3.8, 4) is 0 Å². The van der Waals surface area contributed by atoms with Crippen LogP contribution in [0, 0.1) is 0 Å². The monoisotopic (exact) mass is 226 g/mol. The number of benzene rings is 1. The first kappa shape index (κ1) is 12.3. The maximum absolute atomic E-state index is 11.9. The standard InChI is InChI=1S/C11H15O3P/c1-3-13-15(14-4-2)11(12)10-8-6-5-7-9-10/h5-9H,3-4H2,1-2H3. The van der Waals surface area contributed by atoms with Crippen LogP contribution in [-0.2, 0) is 9.05 Å². The van der Waals surface area contributed by atoms with E-state index in [1.807, 2.05) is 32.0 Å². The molecular weight excluding hydrogens is 211 g/mol. The molecule has 0 aliphatic carbocycles. The summed E-state index contributed by atoms with van der Waals surface area (Å²) in [5.74, 6) is 0. The molecule has 0 atom stereocenters. The molecule has 0 spiro atoms. The van der Waals surface area contributed by atoms with Crippen molar-refractivity contribution in [1.29, 1.82) is 0 Å². The minimum atomic E-state index is -1.44. The second kappa shape index (κ2) is 6.67. The van der Waals surface area contributed by atoms with E-state index in [-0.39, 0.29) is 5.52 Å². The summed E-state index contributed by atoms with van der Waals surface area (Å²) < 4.78 is 10.6. The maximum Gasteiger partial charge on any atom is 0.248 e. The fraction of sp³-hybridized carbons (Fsp3) is 0.364. The highest BCUT2D eigenvalue weighted by Gasteiger charge is 2.21. The number of carbonyl (C=O) groups excluding carboxylic acids is 1. The Hall–Kier alpha value is -0.760. The van der Waals surface area contributed by atoms with Gasteiger partial charge in [0.05, 0.1) is 13.2 Å². The molecule has 0 amide bonds. The fourth-order valence-electron chi connectivity index (χ4n) is 1.08. The minimum absolute atomic E-state index is 0.0608. The molecule has 1 aromatic carbocycles. The van der Waals surface area contributed by atoms with Gasteiger partial charge in [0.15, 0.2) is 0 Å². The van der Waals surface area contributed by atoms with Crippen LogP contribution in [0.3, 0.4) is 0 Å². The molecule has 82 valence electrons. The van der Waals surface area contributed by atoms with E-state index in [0.717, 1.165) is 0 Å². The van der Waals surface area contributed by atoms with Crippen LogP contribution in [0.25, 0.3) is 0 Å². The highest BCUT2D eigenvalue weighted by atomic mass is 31.2. The van der Waals surface area contributed by atoms with Crippen molar-refractivity contribution in [2.75, 3.05) is 13.2 Å². The van der Waals surface area contributed by atoms with Crippen molar-refractivity contribution < 1.29 is 13.8 Å². The number of rotatable bonds is 6. The van der Waals surface area contributed by atoms with Crippen molar-refractivity contribution in [1.82, 2.24) is 0 Å². The van der Waals surface area contributed by atoms with E-state index in [9.17, 15) is 4.79 Å². The zero-order chi connectivity index (χ0) is 11.1. The highest BCUT2D eigenvalue weighted by Crippen LogP contribution is 2.41. The Bertz CT molecular complexity index is 294. The van der Waals surface area contributed by atoms with Gasteiger partial charge in [-0.3, -0.25) is 4.79 Å². The largest absolute Gasteiger partial charge is 0.329 e. The molecule has 1 aromatic rings. The Morgan fingerprint density at radius 1 is 1.13 bits per heavy atom. The molecule has 1 rings (SSSR count).